The van der Waals surface area contributed by atoms with E-state index in [1.54, 1.807) is 6.07 Å². The van der Waals surface area contributed by atoms with E-state index in [9.17, 15) is 4.39 Å². The van der Waals surface area contributed by atoms with Gasteiger partial charge in [-0.25, -0.2) is 4.39 Å². The van der Waals surface area contributed by atoms with E-state index >= 15 is 0 Å². The molecule has 0 spiro atoms. The number of nitrogens with two attached hydrogens (primary N) is 1. The molecule has 0 heterocycles. The second-order valence-corrected chi connectivity index (χ2v) is 4.63. The van der Waals surface area contributed by atoms with Crippen LogP contribution in [0.15, 0.2) is 60.7 Å². The number of fused-ring (bicyclic) bond motifs is 1. The largest absolute Gasteiger partial charge is 0.398 e. The lowest BCUT2D eigenvalue weighted by Gasteiger charge is -2.10. The van der Waals surface area contributed by atoms with Gasteiger partial charge in [0.1, 0.15) is 5.82 Å². The Morgan fingerprint density at radius 1 is 0.900 bits per heavy atom. The van der Waals surface area contributed by atoms with Crippen LogP contribution in [-0.2, 0) is 0 Å². The smallest absolute Gasteiger partial charge is 0.125 e. The van der Waals surface area contributed by atoms with Gasteiger partial charge in [0, 0.05) is 16.8 Å². The van der Waals surface area contributed by atoms with E-state index < -0.39 is 5.82 Å². The summed E-state index contributed by atoms with van der Waals surface area (Å²) in [4.78, 5) is 0. The first-order chi connectivity index (χ1) is 9.66. The van der Waals surface area contributed by atoms with E-state index in [1.165, 1.54) is 12.1 Å². The molecule has 98 valence electrons. The number of rotatable bonds is 2. The molecule has 3 heteroatoms. The highest BCUT2D eigenvalue weighted by Gasteiger charge is 2.11. The predicted molar refractivity (Wildman–Crippen MR) is 80.7 cm³/mol. The van der Waals surface area contributed by atoms with Crippen LogP contribution in [0.1, 0.15) is 11.1 Å². The number of halogens is 1. The molecule has 0 aliphatic carbocycles. The Hall–Kier alpha value is -2.68. The maximum atomic E-state index is 13.1. The zero-order chi connectivity index (χ0) is 14.1. The fraction of sp³-hybridized carbons (Fsp3) is 0. The Bertz CT molecular complexity index is 804. The van der Waals surface area contributed by atoms with Crippen molar-refractivity contribution < 1.29 is 4.39 Å². The third-order valence-corrected chi connectivity index (χ3v) is 3.34. The second kappa shape index (κ2) is 4.78. The standard InChI is InChI=1S/C17H13FN2/c18-12-8-9-15(16(19)10-12)17(20)14-7-3-5-11-4-1-2-6-13(11)14/h1-10,20H,19H2. The van der Waals surface area contributed by atoms with Gasteiger partial charge in [0.2, 0.25) is 0 Å². The summed E-state index contributed by atoms with van der Waals surface area (Å²) in [5, 5.41) is 10.4. The van der Waals surface area contributed by atoms with E-state index in [0.717, 1.165) is 16.3 Å². The zero-order valence-electron chi connectivity index (χ0n) is 10.7. The fourth-order valence-electron chi connectivity index (χ4n) is 2.35. The molecule has 3 aromatic rings. The highest BCUT2D eigenvalue weighted by molar-refractivity contribution is 6.19. The molecule has 0 aromatic heterocycles. The summed E-state index contributed by atoms with van der Waals surface area (Å²) in [6.07, 6.45) is 0. The van der Waals surface area contributed by atoms with Crippen molar-refractivity contribution in [3.63, 3.8) is 0 Å². The Balaban J connectivity index is 2.18. The molecule has 0 saturated carbocycles. The first-order valence-corrected chi connectivity index (χ1v) is 6.29. The van der Waals surface area contributed by atoms with Crippen molar-refractivity contribution in [3.8, 4) is 0 Å². The van der Waals surface area contributed by atoms with E-state index in [-0.39, 0.29) is 5.69 Å². The van der Waals surface area contributed by atoms with E-state index in [2.05, 4.69) is 0 Å². The van der Waals surface area contributed by atoms with Crippen molar-refractivity contribution in [2.24, 2.45) is 0 Å². The summed E-state index contributed by atoms with van der Waals surface area (Å²) >= 11 is 0. The molecule has 0 fully saturated rings. The Labute approximate surface area is 116 Å². The molecule has 0 amide bonds. The summed E-state index contributed by atoms with van der Waals surface area (Å²) in [6, 6.07) is 17.8. The molecule has 3 aromatic carbocycles. The van der Waals surface area contributed by atoms with Crippen LogP contribution in [0.5, 0.6) is 0 Å². The monoisotopic (exact) mass is 264 g/mol. The molecule has 0 aliphatic heterocycles. The van der Waals surface area contributed by atoms with Gasteiger partial charge in [-0.1, -0.05) is 42.5 Å². The minimum Gasteiger partial charge on any atom is -0.398 e. The van der Waals surface area contributed by atoms with Crippen molar-refractivity contribution in [2.45, 2.75) is 0 Å². The van der Waals surface area contributed by atoms with Gasteiger partial charge in [0.15, 0.2) is 0 Å². The quantitative estimate of drug-likeness (QED) is 0.534. The van der Waals surface area contributed by atoms with Crippen molar-refractivity contribution in [3.05, 3.63) is 77.6 Å². The topological polar surface area (TPSA) is 49.9 Å². The molecular formula is C17H13FN2. The predicted octanol–water partition coefficient (Wildman–Crippen LogP) is 3.98. The maximum absolute atomic E-state index is 13.1. The first kappa shape index (κ1) is 12.4. The molecule has 3 rings (SSSR count). The third-order valence-electron chi connectivity index (χ3n) is 3.34. The van der Waals surface area contributed by atoms with Crippen LogP contribution in [-0.4, -0.2) is 5.71 Å². The number of benzene rings is 3. The second-order valence-electron chi connectivity index (χ2n) is 4.63. The van der Waals surface area contributed by atoms with Gasteiger partial charge in [-0.2, -0.15) is 0 Å². The Morgan fingerprint density at radius 2 is 1.65 bits per heavy atom. The van der Waals surface area contributed by atoms with Crippen LogP contribution in [0.25, 0.3) is 10.8 Å². The van der Waals surface area contributed by atoms with Crippen LogP contribution in [0.2, 0.25) is 0 Å². The van der Waals surface area contributed by atoms with Crippen LogP contribution in [0.3, 0.4) is 0 Å². The normalized spacial score (nSPS) is 10.7. The average molecular weight is 264 g/mol. The van der Waals surface area contributed by atoms with Crippen LogP contribution < -0.4 is 5.73 Å². The Morgan fingerprint density at radius 3 is 2.45 bits per heavy atom. The molecule has 0 unspecified atom stereocenters. The maximum Gasteiger partial charge on any atom is 0.125 e. The number of anilines is 1. The van der Waals surface area contributed by atoms with Gasteiger partial charge in [0.25, 0.3) is 0 Å². The molecule has 3 N–H and O–H groups in total. The molecule has 0 aliphatic rings. The highest BCUT2D eigenvalue weighted by atomic mass is 19.1. The molecule has 0 bridgehead atoms. The van der Waals surface area contributed by atoms with Gasteiger partial charge in [-0.05, 0) is 29.0 Å². The summed E-state index contributed by atoms with van der Waals surface area (Å²) < 4.78 is 13.1. The first-order valence-electron chi connectivity index (χ1n) is 6.29. The van der Waals surface area contributed by atoms with Gasteiger partial charge in [-0.3, -0.25) is 5.41 Å². The Kier molecular flexibility index (Phi) is 2.95. The lowest BCUT2D eigenvalue weighted by atomic mass is 9.96. The lowest BCUT2D eigenvalue weighted by Crippen LogP contribution is -2.06. The van der Waals surface area contributed by atoms with E-state index in [4.69, 9.17) is 11.1 Å². The van der Waals surface area contributed by atoms with Crippen molar-refractivity contribution in [1.29, 1.82) is 5.41 Å². The molecular weight excluding hydrogens is 251 g/mol. The summed E-state index contributed by atoms with van der Waals surface area (Å²) in [5.41, 5.74) is 7.75. The zero-order valence-corrected chi connectivity index (χ0v) is 10.7. The summed E-state index contributed by atoms with van der Waals surface area (Å²) in [5.74, 6) is -0.392. The van der Waals surface area contributed by atoms with Crippen molar-refractivity contribution in [2.75, 3.05) is 5.73 Å². The number of hydrogen-bond acceptors (Lipinski definition) is 2. The van der Waals surface area contributed by atoms with Gasteiger partial charge in [-0.15, -0.1) is 0 Å². The molecule has 0 atom stereocenters. The van der Waals surface area contributed by atoms with Gasteiger partial charge < -0.3 is 5.73 Å². The SMILES string of the molecule is N=C(c1ccc(F)cc1N)c1cccc2ccccc12. The molecule has 2 nitrogen and oxygen atoms in total. The van der Waals surface area contributed by atoms with Crippen LogP contribution in [0.4, 0.5) is 10.1 Å². The van der Waals surface area contributed by atoms with Crippen LogP contribution in [0, 0.1) is 11.2 Å². The highest BCUT2D eigenvalue weighted by Crippen LogP contribution is 2.24. The third kappa shape index (κ3) is 2.03. The van der Waals surface area contributed by atoms with Gasteiger partial charge in [0.05, 0.1) is 5.71 Å². The average Bonchev–Trinajstić information content (AvgIpc) is 2.46. The molecule has 20 heavy (non-hydrogen) atoms. The van der Waals surface area contributed by atoms with Crippen molar-refractivity contribution in [1.82, 2.24) is 0 Å². The van der Waals surface area contributed by atoms with Crippen molar-refractivity contribution >= 4 is 22.2 Å². The minimum absolute atomic E-state index is 0.280. The summed E-state index contributed by atoms with van der Waals surface area (Å²) in [7, 11) is 0. The van der Waals surface area contributed by atoms with Gasteiger partial charge >= 0.3 is 0 Å². The molecule has 0 saturated heterocycles. The number of nitrogens with one attached hydrogen (secondary N) is 1. The number of nitrogen functional groups attached to an aromatic ring is 1. The minimum atomic E-state index is -0.392. The van der Waals surface area contributed by atoms with Crippen LogP contribution >= 0.6 is 0 Å². The fourth-order valence-corrected chi connectivity index (χ4v) is 2.35. The number of hydrogen-bond donors (Lipinski definition) is 2. The summed E-state index contributed by atoms with van der Waals surface area (Å²) in [6.45, 7) is 0. The van der Waals surface area contributed by atoms with E-state index in [1.807, 2.05) is 42.5 Å². The molecule has 0 radical (unpaired) electrons. The van der Waals surface area contributed by atoms with E-state index in [0.29, 0.717) is 11.3 Å². The lowest BCUT2D eigenvalue weighted by molar-refractivity contribution is 0.628.